The number of aliphatic carboxylic acids is 1. The summed E-state index contributed by atoms with van der Waals surface area (Å²) in [6, 6.07) is -0.432. The highest BCUT2D eigenvalue weighted by atomic mass is 16.5. The first-order chi connectivity index (χ1) is 6.57. The average molecular weight is 201 g/mol. The molecule has 0 bridgehead atoms. The number of ether oxygens (including phenoxy) is 1. The minimum absolute atomic E-state index is 0.0721. The second kappa shape index (κ2) is 4.75. The van der Waals surface area contributed by atoms with Gasteiger partial charge in [0.05, 0.1) is 0 Å². The van der Waals surface area contributed by atoms with Crippen molar-refractivity contribution in [3.63, 3.8) is 0 Å². The lowest BCUT2D eigenvalue weighted by Gasteiger charge is -2.36. The summed E-state index contributed by atoms with van der Waals surface area (Å²) >= 11 is 0. The van der Waals surface area contributed by atoms with Crippen LogP contribution in [0.15, 0.2) is 0 Å². The van der Waals surface area contributed by atoms with E-state index in [1.165, 1.54) is 0 Å². The maximum Gasteiger partial charge on any atom is 0.320 e. The summed E-state index contributed by atoms with van der Waals surface area (Å²) < 4.78 is 5.25. The van der Waals surface area contributed by atoms with Crippen LogP contribution in [0, 0.1) is 0 Å². The fourth-order valence-corrected chi connectivity index (χ4v) is 1.73. The molecule has 0 saturated carbocycles. The summed E-state index contributed by atoms with van der Waals surface area (Å²) in [6.45, 7) is 5.40. The molecule has 1 fully saturated rings. The van der Waals surface area contributed by atoms with Crippen molar-refractivity contribution in [3.05, 3.63) is 0 Å². The zero-order valence-corrected chi connectivity index (χ0v) is 8.88. The molecule has 1 unspecified atom stereocenters. The predicted molar refractivity (Wildman–Crippen MR) is 53.3 cm³/mol. The Kier molecular flexibility index (Phi) is 3.89. The molecule has 0 aliphatic carbocycles. The van der Waals surface area contributed by atoms with Crippen LogP contribution in [0.1, 0.15) is 33.1 Å². The van der Waals surface area contributed by atoms with E-state index in [9.17, 15) is 4.79 Å². The highest BCUT2D eigenvalue weighted by Crippen LogP contribution is 2.20. The lowest BCUT2D eigenvalue weighted by atomic mass is 9.91. The van der Waals surface area contributed by atoms with Crippen LogP contribution in [0.3, 0.4) is 0 Å². The van der Waals surface area contributed by atoms with E-state index in [2.05, 4.69) is 12.2 Å². The molecule has 14 heavy (non-hydrogen) atoms. The van der Waals surface area contributed by atoms with Gasteiger partial charge in [0.25, 0.3) is 0 Å². The first-order valence-corrected chi connectivity index (χ1v) is 5.15. The third-order valence-corrected chi connectivity index (χ3v) is 2.83. The summed E-state index contributed by atoms with van der Waals surface area (Å²) in [6.07, 6.45) is 2.39. The molecule has 0 spiro atoms. The van der Waals surface area contributed by atoms with Gasteiger partial charge in [0, 0.05) is 18.8 Å². The topological polar surface area (TPSA) is 58.6 Å². The van der Waals surface area contributed by atoms with Gasteiger partial charge < -0.3 is 9.84 Å². The van der Waals surface area contributed by atoms with Gasteiger partial charge in [-0.2, -0.15) is 0 Å². The molecule has 1 rings (SSSR count). The van der Waals surface area contributed by atoms with E-state index in [1.807, 2.05) is 6.92 Å². The number of carboxylic acid groups (broad SMARTS) is 1. The third kappa shape index (κ3) is 2.96. The Labute approximate surface area is 84.6 Å². The first kappa shape index (κ1) is 11.5. The van der Waals surface area contributed by atoms with Gasteiger partial charge >= 0.3 is 5.97 Å². The summed E-state index contributed by atoms with van der Waals surface area (Å²) in [7, 11) is 0. The number of nitrogens with one attached hydrogen (secondary N) is 1. The van der Waals surface area contributed by atoms with E-state index >= 15 is 0 Å². The zero-order valence-electron chi connectivity index (χ0n) is 8.88. The first-order valence-electron chi connectivity index (χ1n) is 5.15. The van der Waals surface area contributed by atoms with Crippen molar-refractivity contribution >= 4 is 5.97 Å². The van der Waals surface area contributed by atoms with Gasteiger partial charge in [0.15, 0.2) is 0 Å². The van der Waals surface area contributed by atoms with Crippen molar-refractivity contribution in [2.45, 2.75) is 44.7 Å². The largest absolute Gasteiger partial charge is 0.480 e. The van der Waals surface area contributed by atoms with Gasteiger partial charge in [-0.25, -0.2) is 0 Å². The Morgan fingerprint density at radius 1 is 1.57 bits per heavy atom. The summed E-state index contributed by atoms with van der Waals surface area (Å²) in [5, 5.41) is 12.1. The van der Waals surface area contributed by atoms with Crippen molar-refractivity contribution in [1.82, 2.24) is 5.32 Å². The molecule has 0 amide bonds. The summed E-state index contributed by atoms with van der Waals surface area (Å²) in [5.41, 5.74) is -0.0721. The molecule has 0 aromatic carbocycles. The van der Waals surface area contributed by atoms with E-state index in [0.29, 0.717) is 6.42 Å². The molecular weight excluding hydrogens is 182 g/mol. The Balaban J connectivity index is 2.50. The van der Waals surface area contributed by atoms with Crippen molar-refractivity contribution in [2.75, 3.05) is 13.2 Å². The van der Waals surface area contributed by atoms with Crippen molar-refractivity contribution in [3.8, 4) is 0 Å². The quantitative estimate of drug-likeness (QED) is 0.712. The molecule has 0 aromatic rings. The van der Waals surface area contributed by atoms with Gasteiger partial charge in [0.1, 0.15) is 6.04 Å². The molecule has 0 radical (unpaired) electrons. The van der Waals surface area contributed by atoms with Crippen LogP contribution in [-0.4, -0.2) is 35.9 Å². The highest BCUT2D eigenvalue weighted by Gasteiger charge is 2.31. The van der Waals surface area contributed by atoms with Crippen LogP contribution in [0.25, 0.3) is 0 Å². The Hall–Kier alpha value is -0.610. The minimum Gasteiger partial charge on any atom is -0.480 e. The lowest BCUT2D eigenvalue weighted by molar-refractivity contribution is -0.140. The number of hydrogen-bond donors (Lipinski definition) is 2. The summed E-state index contributed by atoms with van der Waals surface area (Å²) in [4.78, 5) is 10.9. The number of rotatable bonds is 4. The Bertz CT molecular complexity index is 200. The van der Waals surface area contributed by atoms with E-state index in [1.54, 1.807) is 0 Å². The van der Waals surface area contributed by atoms with Crippen LogP contribution in [-0.2, 0) is 9.53 Å². The van der Waals surface area contributed by atoms with Gasteiger partial charge in [-0.05, 0) is 26.2 Å². The number of carboxylic acids is 1. The molecule has 1 saturated heterocycles. The Morgan fingerprint density at radius 3 is 2.57 bits per heavy atom. The zero-order chi connectivity index (χ0) is 10.6. The molecule has 1 aliphatic heterocycles. The third-order valence-electron chi connectivity index (χ3n) is 2.83. The van der Waals surface area contributed by atoms with Crippen LogP contribution in [0.2, 0.25) is 0 Å². The molecule has 1 heterocycles. The van der Waals surface area contributed by atoms with Crippen molar-refractivity contribution < 1.29 is 14.6 Å². The molecule has 1 atom stereocenters. The molecule has 82 valence electrons. The molecule has 4 nitrogen and oxygen atoms in total. The van der Waals surface area contributed by atoms with E-state index in [0.717, 1.165) is 26.1 Å². The van der Waals surface area contributed by atoms with Gasteiger partial charge in [-0.3, -0.25) is 10.1 Å². The van der Waals surface area contributed by atoms with E-state index in [4.69, 9.17) is 9.84 Å². The van der Waals surface area contributed by atoms with Gasteiger partial charge in [-0.15, -0.1) is 0 Å². The fraction of sp³-hybridized carbons (Fsp3) is 0.900. The molecule has 2 N–H and O–H groups in total. The number of carbonyl (C=O) groups is 1. The van der Waals surface area contributed by atoms with E-state index < -0.39 is 12.0 Å². The second-order valence-electron chi connectivity index (χ2n) is 4.12. The monoisotopic (exact) mass is 201 g/mol. The highest BCUT2D eigenvalue weighted by molar-refractivity contribution is 5.73. The van der Waals surface area contributed by atoms with Crippen LogP contribution >= 0.6 is 0 Å². The Morgan fingerprint density at radius 2 is 2.14 bits per heavy atom. The van der Waals surface area contributed by atoms with Crippen molar-refractivity contribution in [1.29, 1.82) is 0 Å². The maximum absolute atomic E-state index is 10.9. The molecule has 0 aromatic heterocycles. The minimum atomic E-state index is -0.764. The standard InChI is InChI=1S/C10H19NO3/c1-3-8(9(12)13)11-10(2)4-6-14-7-5-10/h8,11H,3-7H2,1-2H3,(H,12,13). The molecular formula is C10H19NO3. The van der Waals surface area contributed by atoms with Crippen LogP contribution in [0.4, 0.5) is 0 Å². The number of hydrogen-bond acceptors (Lipinski definition) is 3. The van der Waals surface area contributed by atoms with Gasteiger partial charge in [0.2, 0.25) is 0 Å². The average Bonchev–Trinajstić information content (AvgIpc) is 2.15. The molecule has 1 aliphatic rings. The molecule has 4 heteroatoms. The van der Waals surface area contributed by atoms with Crippen molar-refractivity contribution in [2.24, 2.45) is 0 Å². The van der Waals surface area contributed by atoms with E-state index in [-0.39, 0.29) is 5.54 Å². The smallest absolute Gasteiger partial charge is 0.320 e. The summed E-state index contributed by atoms with van der Waals surface area (Å²) in [5.74, 6) is -0.764. The predicted octanol–water partition coefficient (Wildman–Crippen LogP) is 1.01. The maximum atomic E-state index is 10.9. The van der Waals surface area contributed by atoms with Crippen LogP contribution < -0.4 is 5.32 Å². The van der Waals surface area contributed by atoms with Gasteiger partial charge in [-0.1, -0.05) is 6.92 Å². The second-order valence-corrected chi connectivity index (χ2v) is 4.12. The van der Waals surface area contributed by atoms with Crippen LogP contribution in [0.5, 0.6) is 0 Å². The fourth-order valence-electron chi connectivity index (χ4n) is 1.73. The SMILES string of the molecule is CCC(NC1(C)CCOCC1)C(=O)O. The normalized spacial score (nSPS) is 23.0. The lowest BCUT2D eigenvalue weighted by Crippen LogP contribution is -2.53.